The molecule has 0 atom stereocenters. The average molecular weight is 428 g/mol. The Hall–Kier alpha value is -1.13. The Labute approximate surface area is 144 Å². The maximum atomic E-state index is 12.1. The summed E-state index contributed by atoms with van der Waals surface area (Å²) in [6.07, 6.45) is 0. The summed E-state index contributed by atoms with van der Waals surface area (Å²) < 4.78 is 1.74. The van der Waals surface area contributed by atoms with Crippen LogP contribution in [0.3, 0.4) is 0 Å². The largest absolute Gasteiger partial charge is 0.348 e. The van der Waals surface area contributed by atoms with Crippen molar-refractivity contribution < 1.29 is 4.79 Å². The van der Waals surface area contributed by atoms with Crippen LogP contribution in [0.4, 0.5) is 0 Å². The number of halogens is 2. The second-order valence-corrected chi connectivity index (χ2v) is 7.87. The molecule has 0 aliphatic carbocycles. The summed E-state index contributed by atoms with van der Waals surface area (Å²) in [5, 5.41) is 2.89. The van der Waals surface area contributed by atoms with Crippen LogP contribution >= 0.6 is 43.2 Å². The quantitative estimate of drug-likeness (QED) is 0.736. The van der Waals surface area contributed by atoms with Gasteiger partial charge >= 0.3 is 0 Å². The van der Waals surface area contributed by atoms with Crippen LogP contribution in [0.15, 0.2) is 37.9 Å². The molecule has 0 fully saturated rings. The molecule has 1 amide bonds. The van der Waals surface area contributed by atoms with Crippen LogP contribution in [-0.2, 0) is 6.54 Å². The Kier molecular flexibility index (Phi) is 6.00. The van der Waals surface area contributed by atoms with E-state index in [1.54, 1.807) is 6.07 Å². The van der Waals surface area contributed by atoms with E-state index in [1.165, 1.54) is 11.3 Å². The smallest absolute Gasteiger partial charge is 0.253 e. The topological polar surface area (TPSA) is 55.1 Å². The summed E-state index contributed by atoms with van der Waals surface area (Å²) in [5.74, 6) is 5.66. The molecule has 6 heteroatoms. The molecule has 0 saturated carbocycles. The molecule has 0 bridgehead atoms. The van der Waals surface area contributed by atoms with Crippen molar-refractivity contribution in [3.8, 4) is 11.8 Å². The minimum atomic E-state index is -0.101. The number of nitrogens with two attached hydrogens (primary N) is 1. The molecule has 1 aromatic heterocycles. The highest BCUT2D eigenvalue weighted by molar-refractivity contribution is 9.12. The van der Waals surface area contributed by atoms with Gasteiger partial charge in [0.2, 0.25) is 0 Å². The van der Waals surface area contributed by atoms with Crippen molar-refractivity contribution in [1.82, 2.24) is 5.32 Å². The summed E-state index contributed by atoms with van der Waals surface area (Å²) >= 11 is 8.22. The van der Waals surface area contributed by atoms with Crippen molar-refractivity contribution in [1.29, 1.82) is 0 Å². The number of rotatable bonds is 3. The van der Waals surface area contributed by atoms with Crippen molar-refractivity contribution in [3.63, 3.8) is 0 Å². The number of hydrogen-bond acceptors (Lipinski definition) is 3. The Bertz CT molecular complexity index is 699. The van der Waals surface area contributed by atoms with Gasteiger partial charge in [0.05, 0.1) is 19.7 Å². The van der Waals surface area contributed by atoms with Gasteiger partial charge in [-0.3, -0.25) is 4.79 Å². The summed E-state index contributed by atoms with van der Waals surface area (Å²) in [6, 6.07) is 9.52. The van der Waals surface area contributed by atoms with Crippen LogP contribution in [0.25, 0.3) is 0 Å². The summed E-state index contributed by atoms with van der Waals surface area (Å²) in [7, 11) is 0. The lowest BCUT2D eigenvalue weighted by atomic mass is 10.1. The fourth-order valence-electron chi connectivity index (χ4n) is 1.63. The third-order valence-electron chi connectivity index (χ3n) is 2.64. The molecule has 0 aliphatic heterocycles. The molecule has 3 nitrogen and oxygen atoms in total. The number of benzene rings is 1. The first kappa shape index (κ1) is 16.2. The summed E-state index contributed by atoms with van der Waals surface area (Å²) in [5.41, 5.74) is 7.90. The average Bonchev–Trinajstić information content (AvgIpc) is 2.82. The Morgan fingerprint density at radius 3 is 2.57 bits per heavy atom. The molecule has 1 aromatic carbocycles. The molecular formula is C15H12Br2N2OS. The normalized spacial score (nSPS) is 9.86. The van der Waals surface area contributed by atoms with E-state index in [1.807, 2.05) is 24.3 Å². The van der Waals surface area contributed by atoms with Gasteiger partial charge in [-0.05, 0) is 55.6 Å². The highest BCUT2D eigenvalue weighted by Crippen LogP contribution is 2.31. The first-order chi connectivity index (χ1) is 10.1. The number of nitrogens with one attached hydrogen (secondary N) is 1. The summed E-state index contributed by atoms with van der Waals surface area (Å²) in [4.78, 5) is 12.1. The number of hydrogen-bond donors (Lipinski definition) is 2. The Morgan fingerprint density at radius 2 is 2.00 bits per heavy atom. The SMILES string of the molecule is NCC#Cc1ccc(CNC(=O)c2cc(Br)sc2Br)cc1. The van der Waals surface area contributed by atoms with Crippen molar-refractivity contribution >= 4 is 49.1 Å². The van der Waals surface area contributed by atoms with E-state index >= 15 is 0 Å². The van der Waals surface area contributed by atoms with Crippen LogP contribution < -0.4 is 11.1 Å². The van der Waals surface area contributed by atoms with E-state index in [2.05, 4.69) is 49.0 Å². The second-order valence-electron chi connectivity index (χ2n) is 4.12. The molecular weight excluding hydrogens is 416 g/mol. The first-order valence-corrected chi connectivity index (χ1v) is 8.51. The zero-order valence-corrected chi connectivity index (χ0v) is 14.9. The molecule has 108 valence electrons. The van der Waals surface area contributed by atoms with Crippen LogP contribution in [0.1, 0.15) is 21.5 Å². The molecule has 21 heavy (non-hydrogen) atoms. The van der Waals surface area contributed by atoms with Crippen LogP contribution in [0.2, 0.25) is 0 Å². The maximum Gasteiger partial charge on any atom is 0.253 e. The number of amides is 1. The molecule has 0 saturated heterocycles. The lowest BCUT2D eigenvalue weighted by molar-refractivity contribution is 0.0950. The van der Waals surface area contributed by atoms with Crippen molar-refractivity contribution in [3.05, 3.63) is 54.6 Å². The lowest BCUT2D eigenvalue weighted by Crippen LogP contribution is -2.22. The number of thiophene rings is 1. The van der Waals surface area contributed by atoms with Gasteiger partial charge in [0.1, 0.15) is 0 Å². The minimum Gasteiger partial charge on any atom is -0.348 e. The zero-order chi connectivity index (χ0) is 15.2. The second kappa shape index (κ2) is 7.76. The highest BCUT2D eigenvalue weighted by atomic mass is 79.9. The molecule has 0 spiro atoms. The van der Waals surface area contributed by atoms with Gasteiger partial charge in [-0.15, -0.1) is 11.3 Å². The minimum absolute atomic E-state index is 0.101. The van der Waals surface area contributed by atoms with Crippen molar-refractivity contribution in [2.24, 2.45) is 5.73 Å². The predicted octanol–water partition coefficient (Wildman–Crippen LogP) is 3.51. The lowest BCUT2D eigenvalue weighted by Gasteiger charge is -2.04. The van der Waals surface area contributed by atoms with Gasteiger partial charge in [-0.1, -0.05) is 24.0 Å². The van der Waals surface area contributed by atoms with Crippen LogP contribution in [-0.4, -0.2) is 12.5 Å². The first-order valence-electron chi connectivity index (χ1n) is 6.11. The Morgan fingerprint density at radius 1 is 1.29 bits per heavy atom. The molecule has 1 heterocycles. The van der Waals surface area contributed by atoms with Crippen molar-refractivity contribution in [2.45, 2.75) is 6.54 Å². The number of carbonyl (C=O) groups is 1. The molecule has 0 aliphatic rings. The van der Waals surface area contributed by atoms with E-state index in [9.17, 15) is 4.79 Å². The highest BCUT2D eigenvalue weighted by Gasteiger charge is 2.13. The van der Waals surface area contributed by atoms with Crippen LogP contribution in [0.5, 0.6) is 0 Å². The van der Waals surface area contributed by atoms with Gasteiger partial charge in [0.15, 0.2) is 0 Å². The van der Waals surface area contributed by atoms with E-state index in [4.69, 9.17) is 5.73 Å². The van der Waals surface area contributed by atoms with E-state index < -0.39 is 0 Å². The van der Waals surface area contributed by atoms with Crippen molar-refractivity contribution in [2.75, 3.05) is 6.54 Å². The van der Waals surface area contributed by atoms with E-state index in [0.717, 1.165) is 18.7 Å². The molecule has 0 radical (unpaired) electrons. The van der Waals surface area contributed by atoms with Gasteiger partial charge in [0.25, 0.3) is 5.91 Å². The van der Waals surface area contributed by atoms with E-state index in [0.29, 0.717) is 18.7 Å². The van der Waals surface area contributed by atoms with Gasteiger partial charge in [-0.2, -0.15) is 0 Å². The predicted molar refractivity (Wildman–Crippen MR) is 93.3 cm³/mol. The molecule has 2 aromatic rings. The Balaban J connectivity index is 1.96. The van der Waals surface area contributed by atoms with Gasteiger partial charge in [0, 0.05) is 12.1 Å². The molecule has 0 unspecified atom stereocenters. The third-order valence-corrected chi connectivity index (χ3v) is 4.98. The van der Waals surface area contributed by atoms with E-state index in [-0.39, 0.29) is 5.91 Å². The number of carbonyl (C=O) groups excluding carboxylic acids is 1. The zero-order valence-electron chi connectivity index (χ0n) is 11.0. The third kappa shape index (κ3) is 4.68. The fraction of sp³-hybridized carbons (Fsp3) is 0.133. The van der Waals surface area contributed by atoms with Crippen LogP contribution in [0, 0.1) is 11.8 Å². The fourth-order valence-corrected chi connectivity index (χ4v) is 4.43. The monoisotopic (exact) mass is 426 g/mol. The standard InChI is InChI=1S/C15H12Br2N2OS/c16-13-8-12(14(17)21-13)15(20)19-9-11-5-3-10(4-6-11)2-1-7-18/h3-6,8H,7,9,18H2,(H,19,20). The molecule has 2 rings (SSSR count). The summed E-state index contributed by atoms with van der Waals surface area (Å²) in [6.45, 7) is 0.826. The van der Waals surface area contributed by atoms with Gasteiger partial charge in [-0.25, -0.2) is 0 Å². The van der Waals surface area contributed by atoms with Gasteiger partial charge < -0.3 is 11.1 Å². The maximum absolute atomic E-state index is 12.1. The molecule has 3 N–H and O–H groups in total.